The molecule has 1 aliphatic heterocycles. The van der Waals surface area contributed by atoms with Crippen molar-refractivity contribution in [2.24, 2.45) is 5.92 Å². The largest absolute Gasteiger partial charge is 0.453 e. The minimum absolute atomic E-state index is 0.256. The molecule has 2 aromatic carbocycles. The third-order valence-corrected chi connectivity index (χ3v) is 7.36. The third kappa shape index (κ3) is 7.41. The molecule has 208 valence electrons. The number of nitrogens with zero attached hydrogens (tertiary/aromatic N) is 1. The first-order valence-electron chi connectivity index (χ1n) is 13.4. The number of nitrogens with one attached hydrogen (secondary N) is 1. The molecular weight excluding hydrogens is 504 g/mol. The van der Waals surface area contributed by atoms with Crippen LogP contribution in [0.15, 0.2) is 42.5 Å². The van der Waals surface area contributed by atoms with Crippen LogP contribution in [0, 0.1) is 5.92 Å². The smallest absolute Gasteiger partial charge is 0.410 e. The van der Waals surface area contributed by atoms with Gasteiger partial charge in [-0.15, -0.1) is 0 Å². The Morgan fingerprint density at radius 2 is 1.92 bits per heavy atom. The number of halogens is 1. The minimum Gasteiger partial charge on any atom is -0.453 e. The molecule has 2 amide bonds. The maximum atomic E-state index is 12.9. The summed E-state index contributed by atoms with van der Waals surface area (Å²) in [5.74, 6) is -0.256. The number of carbonyl (C=O) groups is 2. The number of rotatable bonds is 8. The molecule has 1 unspecified atom stereocenters. The van der Waals surface area contributed by atoms with Gasteiger partial charge in [-0.3, -0.25) is 0 Å². The molecule has 38 heavy (non-hydrogen) atoms. The summed E-state index contributed by atoms with van der Waals surface area (Å²) < 4.78 is 10.3. The van der Waals surface area contributed by atoms with Crippen molar-refractivity contribution in [2.45, 2.75) is 71.0 Å². The number of aliphatic hydroxyl groups is 1. The van der Waals surface area contributed by atoms with Crippen LogP contribution in [0.1, 0.15) is 64.5 Å². The Balaban J connectivity index is 2.02. The molecule has 8 heteroatoms. The van der Waals surface area contributed by atoms with E-state index in [1.165, 1.54) is 12.7 Å². The van der Waals surface area contributed by atoms with Gasteiger partial charge in [-0.1, -0.05) is 54.9 Å². The molecule has 1 heterocycles. The lowest BCUT2D eigenvalue weighted by Gasteiger charge is -2.43. The van der Waals surface area contributed by atoms with Gasteiger partial charge >= 0.3 is 12.2 Å². The van der Waals surface area contributed by atoms with E-state index in [4.69, 9.17) is 16.3 Å². The number of piperidine rings is 1. The van der Waals surface area contributed by atoms with Gasteiger partial charge in [-0.25, -0.2) is 9.59 Å². The molecule has 1 saturated heterocycles. The molecule has 0 spiro atoms. The number of likely N-dealkylation sites (tertiary alicyclic amines) is 1. The summed E-state index contributed by atoms with van der Waals surface area (Å²) in [5, 5.41) is 15.8. The summed E-state index contributed by atoms with van der Waals surface area (Å²) in [6, 6.07) is 13.8. The number of hydrogen-bond acceptors (Lipinski definition) is 5. The summed E-state index contributed by atoms with van der Waals surface area (Å²) in [6.45, 7) is 8.92. The summed E-state index contributed by atoms with van der Waals surface area (Å²) in [4.78, 5) is 26.3. The van der Waals surface area contributed by atoms with Crippen LogP contribution in [-0.2, 0) is 21.5 Å². The number of benzene rings is 2. The fourth-order valence-electron chi connectivity index (χ4n) is 5.16. The van der Waals surface area contributed by atoms with Gasteiger partial charge in [0.25, 0.3) is 0 Å². The normalized spacial score (nSPS) is 17.4. The molecule has 0 aliphatic carbocycles. The number of hydrogen-bond donors (Lipinski definition) is 2. The number of alkyl carbamates (subject to hydrolysis) is 1. The van der Waals surface area contributed by atoms with E-state index in [2.05, 4.69) is 29.1 Å². The fourth-order valence-corrected chi connectivity index (χ4v) is 5.45. The lowest BCUT2D eigenvalue weighted by Crippen LogP contribution is -2.49. The van der Waals surface area contributed by atoms with Crippen LogP contribution in [0.4, 0.5) is 9.59 Å². The molecule has 3 rings (SSSR count). The highest BCUT2D eigenvalue weighted by Crippen LogP contribution is 2.45. The lowest BCUT2D eigenvalue weighted by molar-refractivity contribution is -0.0629. The van der Waals surface area contributed by atoms with Crippen molar-refractivity contribution in [3.05, 3.63) is 58.6 Å². The zero-order valence-electron chi connectivity index (χ0n) is 23.2. The van der Waals surface area contributed by atoms with Gasteiger partial charge in [0.15, 0.2) is 0 Å². The highest BCUT2D eigenvalue weighted by Gasteiger charge is 2.43. The van der Waals surface area contributed by atoms with E-state index in [9.17, 15) is 14.7 Å². The molecule has 0 bridgehead atoms. The molecule has 0 aromatic heterocycles. The second-order valence-electron chi connectivity index (χ2n) is 10.9. The van der Waals surface area contributed by atoms with Crippen LogP contribution in [0.3, 0.4) is 0 Å². The van der Waals surface area contributed by atoms with Crippen molar-refractivity contribution < 1.29 is 24.2 Å². The van der Waals surface area contributed by atoms with Crippen LogP contribution < -0.4 is 5.32 Å². The van der Waals surface area contributed by atoms with Gasteiger partial charge < -0.3 is 24.8 Å². The summed E-state index contributed by atoms with van der Waals surface area (Å²) in [7, 11) is 1.32. The predicted octanol–water partition coefficient (Wildman–Crippen LogP) is 6.54. The second kappa shape index (κ2) is 12.9. The standard InChI is InChI=1S/C30H41ClN2O5/c1-6-21-11-7-12-22(19-21)26-24(14-8-15-25(26)31)30(36,16-10-17-32-27(34)37-5)23-13-9-18-33(20-23)28(35)38-29(2,3)4/h7-8,11-12,14-15,19,23,36H,6,9-10,13,16-18,20H2,1-5H3,(H,32,34)/t23-,30?/m1/s1. The highest BCUT2D eigenvalue weighted by atomic mass is 35.5. The molecule has 0 radical (unpaired) electrons. The summed E-state index contributed by atoms with van der Waals surface area (Å²) in [6.07, 6.45) is 2.35. The van der Waals surface area contributed by atoms with Crippen molar-refractivity contribution in [3.63, 3.8) is 0 Å². The zero-order valence-corrected chi connectivity index (χ0v) is 23.9. The molecule has 7 nitrogen and oxygen atoms in total. The Labute approximate surface area is 231 Å². The highest BCUT2D eigenvalue weighted by molar-refractivity contribution is 6.33. The van der Waals surface area contributed by atoms with Crippen LogP contribution in [0.5, 0.6) is 0 Å². The Kier molecular flexibility index (Phi) is 10.1. The summed E-state index contributed by atoms with van der Waals surface area (Å²) >= 11 is 6.81. The van der Waals surface area contributed by atoms with Crippen molar-refractivity contribution >= 4 is 23.8 Å². The SMILES string of the molecule is CCc1cccc(-c2c(Cl)cccc2C(O)(CCCNC(=O)OC)[C@@H]2CCCN(C(=O)OC(C)(C)C)C2)c1. The van der Waals surface area contributed by atoms with Crippen LogP contribution >= 0.6 is 11.6 Å². The van der Waals surface area contributed by atoms with Crippen LogP contribution in [0.2, 0.25) is 5.02 Å². The molecule has 2 N–H and O–H groups in total. The Morgan fingerprint density at radius 1 is 1.18 bits per heavy atom. The quantitative estimate of drug-likeness (QED) is 0.368. The topological polar surface area (TPSA) is 88.1 Å². The van der Waals surface area contributed by atoms with Crippen molar-refractivity contribution in [1.82, 2.24) is 10.2 Å². The van der Waals surface area contributed by atoms with Crippen molar-refractivity contribution in [1.29, 1.82) is 0 Å². The average Bonchev–Trinajstić information content (AvgIpc) is 2.89. The number of carbonyl (C=O) groups excluding carboxylic acids is 2. The number of methoxy groups -OCH3 is 1. The van der Waals surface area contributed by atoms with Gasteiger partial charge in [0.1, 0.15) is 5.60 Å². The Bertz CT molecular complexity index is 1120. The third-order valence-electron chi connectivity index (χ3n) is 7.04. The maximum Gasteiger partial charge on any atom is 0.410 e. The Hall–Kier alpha value is -2.77. The number of amides is 2. The number of ether oxygens (including phenoxy) is 2. The maximum absolute atomic E-state index is 12.9. The molecular formula is C30H41ClN2O5. The first-order chi connectivity index (χ1) is 18.0. The van der Waals surface area contributed by atoms with E-state index in [1.807, 2.05) is 51.1 Å². The molecule has 1 aliphatic rings. The van der Waals surface area contributed by atoms with Crippen molar-refractivity contribution in [3.8, 4) is 11.1 Å². The van der Waals surface area contributed by atoms with Gasteiger partial charge in [-0.05, 0) is 75.6 Å². The molecule has 2 aromatic rings. The van der Waals surface area contributed by atoms with E-state index in [1.54, 1.807) is 4.90 Å². The molecule has 0 saturated carbocycles. The number of aryl methyl sites for hydroxylation is 1. The van der Waals surface area contributed by atoms with Crippen LogP contribution in [0.25, 0.3) is 11.1 Å². The predicted molar refractivity (Wildman–Crippen MR) is 150 cm³/mol. The van der Waals surface area contributed by atoms with E-state index < -0.39 is 17.3 Å². The van der Waals surface area contributed by atoms with E-state index in [-0.39, 0.29) is 12.0 Å². The zero-order chi connectivity index (χ0) is 27.9. The van der Waals surface area contributed by atoms with E-state index in [0.717, 1.165) is 36.0 Å². The van der Waals surface area contributed by atoms with Gasteiger partial charge in [0, 0.05) is 36.1 Å². The van der Waals surface area contributed by atoms with Gasteiger partial charge in [0.2, 0.25) is 0 Å². The fraction of sp³-hybridized carbons (Fsp3) is 0.533. The Morgan fingerprint density at radius 3 is 2.61 bits per heavy atom. The van der Waals surface area contributed by atoms with E-state index >= 15 is 0 Å². The van der Waals surface area contributed by atoms with E-state index in [0.29, 0.717) is 37.5 Å². The second-order valence-corrected chi connectivity index (χ2v) is 11.3. The molecule has 1 fully saturated rings. The van der Waals surface area contributed by atoms with Gasteiger partial charge in [-0.2, -0.15) is 0 Å². The lowest BCUT2D eigenvalue weighted by atomic mass is 9.72. The van der Waals surface area contributed by atoms with Crippen LogP contribution in [-0.4, -0.2) is 54.5 Å². The van der Waals surface area contributed by atoms with Crippen molar-refractivity contribution in [2.75, 3.05) is 26.7 Å². The monoisotopic (exact) mass is 544 g/mol. The molecule has 2 atom stereocenters. The first-order valence-corrected chi connectivity index (χ1v) is 13.8. The van der Waals surface area contributed by atoms with Gasteiger partial charge in [0.05, 0.1) is 12.7 Å². The average molecular weight is 545 g/mol. The minimum atomic E-state index is -1.30. The first kappa shape index (κ1) is 29.8. The summed E-state index contributed by atoms with van der Waals surface area (Å²) in [5.41, 5.74) is 1.73.